The van der Waals surface area contributed by atoms with Crippen molar-refractivity contribution in [1.29, 1.82) is 0 Å². The summed E-state index contributed by atoms with van der Waals surface area (Å²) in [5, 5.41) is -2.79. The van der Waals surface area contributed by atoms with Crippen LogP contribution in [0.4, 0.5) is 8.78 Å². The topological polar surface area (TPSA) is 51.2 Å². The zero-order chi connectivity index (χ0) is 15.0. The molecule has 2 rings (SSSR count). The maximum absolute atomic E-state index is 14.1. The number of hydrogen-bond acceptors (Lipinski definition) is 3. The molecule has 106 valence electrons. The third-order valence-corrected chi connectivity index (χ3v) is 4.60. The molecule has 0 aromatic heterocycles. The first-order valence-corrected chi connectivity index (χ1v) is 7.70. The van der Waals surface area contributed by atoms with Crippen LogP contribution in [0.1, 0.15) is 16.8 Å². The smallest absolute Gasteiger partial charge is 0.235 e. The molecule has 1 aromatic carbocycles. The van der Waals surface area contributed by atoms with E-state index in [2.05, 4.69) is 0 Å². The predicted molar refractivity (Wildman–Crippen MR) is 71.3 cm³/mol. The highest BCUT2D eigenvalue weighted by atomic mass is 32.2. The highest BCUT2D eigenvalue weighted by Crippen LogP contribution is 2.36. The molecule has 1 aliphatic carbocycles. The van der Waals surface area contributed by atoms with Crippen LogP contribution in [-0.2, 0) is 9.84 Å². The standard InChI is InChI=1S/C14H12F2O3S/c1-20(18,19)14(16)8-7-11(12(15)9-14)13(17)10-5-3-2-4-6-10/h2-8H,9H2,1H3. The van der Waals surface area contributed by atoms with Crippen LogP contribution in [0, 0.1) is 0 Å². The summed E-state index contributed by atoms with van der Waals surface area (Å²) in [6.45, 7) is 0. The molecule has 3 nitrogen and oxygen atoms in total. The molecular formula is C14H12F2O3S. The fourth-order valence-corrected chi connectivity index (χ4v) is 2.57. The monoisotopic (exact) mass is 298 g/mol. The first-order chi connectivity index (χ1) is 9.24. The van der Waals surface area contributed by atoms with E-state index in [1.165, 1.54) is 12.1 Å². The lowest BCUT2D eigenvalue weighted by atomic mass is 9.96. The molecule has 0 spiro atoms. The van der Waals surface area contributed by atoms with Gasteiger partial charge in [0.25, 0.3) is 0 Å². The van der Waals surface area contributed by atoms with Gasteiger partial charge in [-0.1, -0.05) is 30.3 Å². The van der Waals surface area contributed by atoms with E-state index in [0.717, 1.165) is 12.2 Å². The maximum atomic E-state index is 14.1. The Labute approximate surface area is 115 Å². The van der Waals surface area contributed by atoms with E-state index in [1.807, 2.05) is 0 Å². The highest BCUT2D eigenvalue weighted by Gasteiger charge is 2.43. The number of carbonyl (C=O) groups is 1. The summed E-state index contributed by atoms with van der Waals surface area (Å²) in [4.78, 5) is 12.0. The molecule has 1 aromatic rings. The van der Waals surface area contributed by atoms with Gasteiger partial charge in [0.15, 0.2) is 15.6 Å². The predicted octanol–water partition coefficient (Wildman–Crippen LogP) is 2.76. The Morgan fingerprint density at radius 2 is 1.85 bits per heavy atom. The van der Waals surface area contributed by atoms with Gasteiger partial charge in [0, 0.05) is 11.8 Å². The van der Waals surface area contributed by atoms with E-state index in [9.17, 15) is 22.0 Å². The molecule has 0 aliphatic heterocycles. The van der Waals surface area contributed by atoms with Crippen molar-refractivity contribution in [2.75, 3.05) is 6.26 Å². The van der Waals surface area contributed by atoms with Gasteiger partial charge < -0.3 is 0 Å². The van der Waals surface area contributed by atoms with E-state index in [4.69, 9.17) is 0 Å². The van der Waals surface area contributed by atoms with Crippen molar-refractivity contribution in [2.24, 2.45) is 0 Å². The van der Waals surface area contributed by atoms with Gasteiger partial charge in [0.05, 0.1) is 12.0 Å². The Morgan fingerprint density at radius 1 is 1.25 bits per heavy atom. The summed E-state index contributed by atoms with van der Waals surface area (Å²) in [6.07, 6.45) is 1.33. The second-order valence-corrected chi connectivity index (χ2v) is 6.81. The molecule has 20 heavy (non-hydrogen) atoms. The molecule has 0 radical (unpaired) electrons. The summed E-state index contributed by atoms with van der Waals surface area (Å²) < 4.78 is 50.6. The number of rotatable bonds is 3. The molecule has 1 unspecified atom stereocenters. The quantitative estimate of drug-likeness (QED) is 0.806. The van der Waals surface area contributed by atoms with Crippen molar-refractivity contribution in [3.8, 4) is 0 Å². The molecule has 1 atom stereocenters. The van der Waals surface area contributed by atoms with Crippen molar-refractivity contribution in [3.63, 3.8) is 0 Å². The minimum atomic E-state index is -4.11. The number of allylic oxidation sites excluding steroid dienone is 3. The molecule has 6 heteroatoms. The highest BCUT2D eigenvalue weighted by molar-refractivity contribution is 7.92. The molecule has 0 saturated carbocycles. The van der Waals surface area contributed by atoms with Crippen molar-refractivity contribution < 1.29 is 22.0 Å². The van der Waals surface area contributed by atoms with Crippen molar-refractivity contribution in [1.82, 2.24) is 0 Å². The van der Waals surface area contributed by atoms with Crippen LogP contribution < -0.4 is 0 Å². The van der Waals surface area contributed by atoms with Gasteiger partial charge >= 0.3 is 0 Å². The second-order valence-electron chi connectivity index (χ2n) is 4.58. The number of hydrogen-bond donors (Lipinski definition) is 0. The fraction of sp³-hybridized carbons (Fsp3) is 0.214. The molecule has 0 bridgehead atoms. The van der Waals surface area contributed by atoms with Crippen LogP contribution in [-0.4, -0.2) is 25.5 Å². The van der Waals surface area contributed by atoms with Crippen LogP contribution in [0.5, 0.6) is 0 Å². The van der Waals surface area contributed by atoms with Crippen molar-refractivity contribution in [3.05, 3.63) is 59.4 Å². The number of carbonyl (C=O) groups excluding carboxylic acids is 1. The summed E-state index contributed by atoms with van der Waals surface area (Å²) in [6, 6.07) is 7.95. The molecule has 0 amide bonds. The molecule has 0 fully saturated rings. The first kappa shape index (κ1) is 14.6. The Morgan fingerprint density at radius 3 is 2.35 bits per heavy atom. The second kappa shape index (κ2) is 4.94. The zero-order valence-electron chi connectivity index (χ0n) is 10.6. The van der Waals surface area contributed by atoms with Crippen molar-refractivity contribution >= 4 is 15.6 Å². The van der Waals surface area contributed by atoms with Crippen LogP contribution in [0.15, 0.2) is 53.9 Å². The van der Waals surface area contributed by atoms with Crippen molar-refractivity contribution in [2.45, 2.75) is 11.4 Å². The van der Waals surface area contributed by atoms with Gasteiger partial charge in [-0.25, -0.2) is 17.2 Å². The Balaban J connectivity index is 2.36. The largest absolute Gasteiger partial charge is 0.289 e. The van der Waals surface area contributed by atoms with Crippen LogP contribution >= 0.6 is 0 Å². The number of halogens is 2. The number of benzene rings is 1. The van der Waals surface area contributed by atoms with Crippen LogP contribution in [0.3, 0.4) is 0 Å². The van der Waals surface area contributed by atoms with E-state index in [-0.39, 0.29) is 11.1 Å². The Hall–Kier alpha value is -1.82. The van der Waals surface area contributed by atoms with E-state index in [0.29, 0.717) is 6.26 Å². The van der Waals surface area contributed by atoms with E-state index in [1.54, 1.807) is 18.2 Å². The van der Waals surface area contributed by atoms with Gasteiger partial charge in [-0.3, -0.25) is 4.79 Å². The van der Waals surface area contributed by atoms with Gasteiger partial charge in [-0.2, -0.15) is 0 Å². The zero-order valence-corrected chi connectivity index (χ0v) is 11.5. The molecule has 1 aliphatic rings. The SMILES string of the molecule is CS(=O)(=O)C1(F)C=CC(C(=O)c2ccccc2)=C(F)C1. The van der Waals surface area contributed by atoms with E-state index >= 15 is 0 Å². The van der Waals surface area contributed by atoms with E-state index < -0.39 is 32.9 Å². The molecule has 0 saturated heterocycles. The summed E-state index contributed by atoms with van der Waals surface area (Å²) in [5.74, 6) is -1.66. The summed E-state index contributed by atoms with van der Waals surface area (Å²) in [5.41, 5.74) is -0.0545. The average molecular weight is 298 g/mol. The summed E-state index contributed by atoms with van der Waals surface area (Å²) in [7, 11) is -4.11. The number of ketones is 1. The minimum Gasteiger partial charge on any atom is -0.289 e. The molecule has 0 heterocycles. The number of alkyl halides is 1. The average Bonchev–Trinajstić information content (AvgIpc) is 2.38. The normalized spacial score (nSPS) is 22.9. The third kappa shape index (κ3) is 2.56. The first-order valence-electron chi connectivity index (χ1n) is 5.81. The lowest BCUT2D eigenvalue weighted by Gasteiger charge is -2.23. The lowest BCUT2D eigenvalue weighted by molar-refractivity contribution is 0.103. The minimum absolute atomic E-state index is 0.257. The van der Waals surface area contributed by atoms with Gasteiger partial charge in [0.2, 0.25) is 5.00 Å². The molecule has 0 N–H and O–H groups in total. The molecular weight excluding hydrogens is 286 g/mol. The summed E-state index contributed by atoms with van der Waals surface area (Å²) >= 11 is 0. The Kier molecular flexibility index (Phi) is 3.60. The Bertz CT molecular complexity index is 705. The number of Topliss-reactive ketones (excluding diaryl/α,β-unsaturated/α-hetero) is 1. The maximum Gasteiger partial charge on any atom is 0.235 e. The van der Waals surface area contributed by atoms with Gasteiger partial charge in [-0.15, -0.1) is 0 Å². The van der Waals surface area contributed by atoms with Crippen LogP contribution in [0.2, 0.25) is 0 Å². The van der Waals surface area contributed by atoms with Gasteiger partial charge in [0.1, 0.15) is 5.83 Å². The third-order valence-electron chi connectivity index (χ3n) is 3.08. The van der Waals surface area contributed by atoms with Gasteiger partial charge in [-0.05, 0) is 12.2 Å². The fourth-order valence-electron chi connectivity index (χ4n) is 1.86. The number of sulfone groups is 1. The van der Waals surface area contributed by atoms with Crippen LogP contribution in [0.25, 0.3) is 0 Å². The lowest BCUT2D eigenvalue weighted by Crippen LogP contribution is -2.33.